The third-order valence-electron chi connectivity index (χ3n) is 13.2. The first-order valence-corrected chi connectivity index (χ1v) is 28.8. The molecule has 27 nitrogen and oxygen atoms in total. The second kappa shape index (κ2) is 40.1. The second-order valence-corrected chi connectivity index (χ2v) is 22.7. The van der Waals surface area contributed by atoms with Gasteiger partial charge in [0.2, 0.25) is 59.1 Å². The van der Waals surface area contributed by atoms with Crippen LogP contribution >= 0.6 is 0 Å². The van der Waals surface area contributed by atoms with E-state index in [9.17, 15) is 53.1 Å². The van der Waals surface area contributed by atoms with E-state index in [1.54, 1.807) is 13.8 Å². The van der Waals surface area contributed by atoms with E-state index in [0.717, 1.165) is 0 Å². The zero-order valence-electron chi connectivity index (χ0n) is 50.1. The van der Waals surface area contributed by atoms with Crippen LogP contribution in [0.3, 0.4) is 0 Å². The number of hydrogen-bond acceptors (Lipinski definition) is 15. The molecule has 466 valence electrons. The number of aliphatic imine (C=N–C) groups is 1. The smallest absolute Gasteiger partial charge is 0.245 e. The fourth-order valence-corrected chi connectivity index (χ4v) is 8.60. The van der Waals surface area contributed by atoms with Crippen molar-refractivity contribution in [2.75, 3.05) is 26.2 Å². The van der Waals surface area contributed by atoms with Gasteiger partial charge >= 0.3 is 0 Å². The molecule has 0 aliphatic rings. The summed E-state index contributed by atoms with van der Waals surface area (Å²) in [6, 6.07) is -11.2. The number of primary amides is 1. The highest BCUT2D eigenvalue weighted by molar-refractivity contribution is 5.98. The average molecular weight is 1150 g/mol. The Morgan fingerprint density at radius 1 is 0.407 bits per heavy atom. The number of nitrogens with one attached hydrogen (secondary N) is 9. The van der Waals surface area contributed by atoms with Gasteiger partial charge in [0.05, 0.1) is 12.6 Å². The number of aliphatic hydroxyl groups is 1. The van der Waals surface area contributed by atoms with E-state index in [-0.39, 0.29) is 107 Å². The van der Waals surface area contributed by atoms with Gasteiger partial charge in [-0.2, -0.15) is 0 Å². The summed E-state index contributed by atoms with van der Waals surface area (Å²) in [5.74, 6) is -8.52. The third-order valence-corrected chi connectivity index (χ3v) is 13.2. The number of nitrogens with two attached hydrogens (primary N) is 6. The Morgan fingerprint density at radius 2 is 0.728 bits per heavy atom. The van der Waals surface area contributed by atoms with Gasteiger partial charge in [-0.1, -0.05) is 75.7 Å². The fourth-order valence-electron chi connectivity index (χ4n) is 8.60. The van der Waals surface area contributed by atoms with Crippen molar-refractivity contribution in [2.24, 2.45) is 69.0 Å². The third kappa shape index (κ3) is 31.0. The molecule has 0 saturated carbocycles. The number of carbonyl (C=O) groups excluding carboxylic acids is 10. The Morgan fingerprint density at radius 3 is 1.10 bits per heavy atom. The summed E-state index contributed by atoms with van der Waals surface area (Å²) in [5, 5.41) is 35.0. The van der Waals surface area contributed by atoms with E-state index in [1.165, 1.54) is 6.92 Å². The summed E-state index contributed by atoms with van der Waals surface area (Å²) >= 11 is 0. The standard InChI is InChI=1S/C54H104N16O11/c1-12-33(10)43(52(80)65-36(19-14-16-22-56)48(76)70-44(34(11)71)53(81)68-41(27-32(8)9)51(79)66-38(45(58)73)24-29(2)3)69-47(75)37(20-17-23-61-54(59)60)63-46(74)35(18-13-15-21-55)64-50(78)40(26-31(6)7)67-49(77)39(25-30(4)5)62-42(72)28-57/h29-41,43-44,71H,12-28,55-57H2,1-11H3,(H2,58,73)(H,62,72)(H,63,74)(H,64,78)(H,65,80)(H,66,79)(H,67,77)(H,68,81)(H,69,75)(H,70,76)(H4,59,60,61)/t33-,34+,35-,36-,37-,38-,39+,40+,41-,43-,44-/m0/s1. The second-order valence-electron chi connectivity index (χ2n) is 22.7. The van der Waals surface area contributed by atoms with Gasteiger partial charge in [-0.15, -0.1) is 0 Å². The molecule has 0 heterocycles. The summed E-state index contributed by atoms with van der Waals surface area (Å²) in [6.07, 6.45) is 1.45. The number of aliphatic hydroxyl groups excluding tert-OH is 1. The number of guanidine groups is 1. The highest BCUT2D eigenvalue weighted by Crippen LogP contribution is 2.15. The van der Waals surface area contributed by atoms with Gasteiger partial charge < -0.3 is 87.4 Å². The first kappa shape index (κ1) is 74.8. The Balaban J connectivity index is 7.03. The maximum absolute atomic E-state index is 14.5. The number of rotatable bonds is 42. The highest BCUT2D eigenvalue weighted by atomic mass is 16.3. The molecule has 0 fully saturated rings. The highest BCUT2D eigenvalue weighted by Gasteiger charge is 2.37. The first-order chi connectivity index (χ1) is 37.9. The van der Waals surface area contributed by atoms with Crippen LogP contribution in [0.25, 0.3) is 0 Å². The molecule has 0 aromatic carbocycles. The van der Waals surface area contributed by atoms with Gasteiger partial charge in [0.1, 0.15) is 54.4 Å². The Bertz CT molecular complexity index is 2020. The maximum Gasteiger partial charge on any atom is 0.245 e. The topological polar surface area (TPSA) is 468 Å². The predicted molar refractivity (Wildman–Crippen MR) is 310 cm³/mol. The summed E-state index contributed by atoms with van der Waals surface area (Å²) in [7, 11) is 0. The van der Waals surface area contributed by atoms with Crippen LogP contribution in [-0.2, 0) is 47.9 Å². The van der Waals surface area contributed by atoms with E-state index in [1.807, 2.05) is 55.4 Å². The number of carbonyl (C=O) groups is 10. The summed E-state index contributed by atoms with van der Waals surface area (Å²) in [6.45, 7) is 19.7. The minimum absolute atomic E-state index is 0.00517. The van der Waals surface area contributed by atoms with Crippen LogP contribution < -0.4 is 82.3 Å². The Labute approximate surface area is 479 Å². The van der Waals surface area contributed by atoms with Crippen molar-refractivity contribution in [1.82, 2.24) is 47.9 Å². The molecule has 0 aliphatic heterocycles. The lowest BCUT2D eigenvalue weighted by Crippen LogP contribution is -2.62. The van der Waals surface area contributed by atoms with Crippen molar-refractivity contribution < 1.29 is 53.1 Å². The minimum atomic E-state index is -1.63. The average Bonchev–Trinajstić information content (AvgIpc) is 3.37. The molecule has 0 radical (unpaired) electrons. The monoisotopic (exact) mass is 1150 g/mol. The number of unbranched alkanes of at least 4 members (excludes halogenated alkanes) is 2. The van der Waals surface area contributed by atoms with Crippen LogP contribution in [-0.4, -0.2) is 157 Å². The van der Waals surface area contributed by atoms with Crippen LogP contribution in [0.1, 0.15) is 160 Å². The molecule has 0 aliphatic carbocycles. The van der Waals surface area contributed by atoms with Gasteiger partial charge in [-0.3, -0.25) is 52.9 Å². The van der Waals surface area contributed by atoms with Gasteiger partial charge in [-0.25, -0.2) is 0 Å². The van der Waals surface area contributed by atoms with E-state index >= 15 is 0 Å². The molecule has 0 spiro atoms. The van der Waals surface area contributed by atoms with Gasteiger partial charge in [0.25, 0.3) is 0 Å². The zero-order chi connectivity index (χ0) is 62.1. The van der Waals surface area contributed by atoms with Crippen LogP contribution in [0.2, 0.25) is 0 Å². The largest absolute Gasteiger partial charge is 0.391 e. The van der Waals surface area contributed by atoms with Crippen LogP contribution in [0.15, 0.2) is 4.99 Å². The lowest BCUT2D eigenvalue weighted by molar-refractivity contribution is -0.137. The molecular weight excluding hydrogens is 1050 g/mol. The van der Waals surface area contributed by atoms with Crippen molar-refractivity contribution >= 4 is 65.0 Å². The molecule has 11 atom stereocenters. The number of nitrogens with zero attached hydrogens (tertiary/aromatic N) is 1. The molecule has 81 heavy (non-hydrogen) atoms. The van der Waals surface area contributed by atoms with E-state index in [4.69, 9.17) is 34.4 Å². The Kier molecular flexibility index (Phi) is 37.0. The normalized spacial score (nSPS) is 15.5. The SMILES string of the molecule is CC[C@H](C)[C@H](NC(=O)[C@H](CCCN=C(N)N)NC(=O)[C@H](CCCCN)NC(=O)[C@@H](CC(C)C)NC(=O)[C@@H](CC(C)C)NC(=O)CN)C(=O)N[C@@H](CCCCN)C(=O)N[C@H](C(=O)N[C@@H](CC(C)C)C(=O)N[C@@H](CC(C)C)C(N)=O)[C@@H](C)O. The quantitative estimate of drug-likeness (QED) is 0.0174. The van der Waals surface area contributed by atoms with E-state index < -0.39 is 125 Å². The lowest BCUT2D eigenvalue weighted by Gasteiger charge is -2.30. The van der Waals surface area contributed by atoms with Crippen molar-refractivity contribution in [2.45, 2.75) is 220 Å². The Hall–Kier alpha value is -6.19. The molecule has 0 rings (SSSR count). The molecule has 22 N–H and O–H groups in total. The molecule has 0 bridgehead atoms. The summed E-state index contributed by atoms with van der Waals surface area (Å²) in [4.78, 5) is 141. The fraction of sp³-hybridized carbons (Fsp3) is 0.796. The molecule has 0 aromatic rings. The molecular formula is C54H104N16O11. The van der Waals surface area contributed by atoms with E-state index in [0.29, 0.717) is 32.1 Å². The van der Waals surface area contributed by atoms with Crippen LogP contribution in [0, 0.1) is 29.6 Å². The summed E-state index contributed by atoms with van der Waals surface area (Å²) < 4.78 is 0. The minimum Gasteiger partial charge on any atom is -0.391 e. The summed E-state index contributed by atoms with van der Waals surface area (Å²) in [5.41, 5.74) is 33.8. The lowest BCUT2D eigenvalue weighted by atomic mass is 9.96. The maximum atomic E-state index is 14.5. The van der Waals surface area contributed by atoms with Crippen LogP contribution in [0.4, 0.5) is 0 Å². The zero-order valence-corrected chi connectivity index (χ0v) is 50.1. The van der Waals surface area contributed by atoms with Gasteiger partial charge in [0, 0.05) is 6.54 Å². The van der Waals surface area contributed by atoms with Crippen molar-refractivity contribution in [3.8, 4) is 0 Å². The number of hydrogen-bond donors (Lipinski definition) is 16. The molecule has 0 aromatic heterocycles. The van der Waals surface area contributed by atoms with Gasteiger partial charge in [0.15, 0.2) is 5.96 Å². The molecule has 27 heteroatoms. The van der Waals surface area contributed by atoms with Crippen molar-refractivity contribution in [3.05, 3.63) is 0 Å². The van der Waals surface area contributed by atoms with Crippen molar-refractivity contribution in [1.29, 1.82) is 0 Å². The van der Waals surface area contributed by atoms with E-state index in [2.05, 4.69) is 52.8 Å². The van der Waals surface area contributed by atoms with Gasteiger partial charge in [-0.05, 0) is 127 Å². The molecule has 10 amide bonds. The first-order valence-electron chi connectivity index (χ1n) is 28.8. The molecule has 0 saturated heterocycles. The predicted octanol–water partition coefficient (Wildman–Crippen LogP) is -2.28. The number of amides is 10. The van der Waals surface area contributed by atoms with Crippen LogP contribution in [0.5, 0.6) is 0 Å². The van der Waals surface area contributed by atoms with Crippen molar-refractivity contribution in [3.63, 3.8) is 0 Å². The molecule has 0 unspecified atom stereocenters.